The van der Waals surface area contributed by atoms with Crippen molar-refractivity contribution in [1.29, 1.82) is 0 Å². The first-order valence-corrected chi connectivity index (χ1v) is 9.12. The number of hydrogen-bond acceptors (Lipinski definition) is 4. The Labute approximate surface area is 151 Å². The van der Waals surface area contributed by atoms with E-state index in [0.717, 1.165) is 31.4 Å². The summed E-state index contributed by atoms with van der Waals surface area (Å²) in [6.07, 6.45) is 6.52. The number of aromatic nitrogens is 2. The molecule has 3 atom stereocenters. The normalized spacial score (nSPS) is 25.6. The Balaban J connectivity index is 1.36. The SMILES string of the molecule is O=C(NC1CCC2NNCC2C1)c1cnn(Cc2ccccc2Cl)c1. The lowest BCUT2D eigenvalue weighted by atomic mass is 9.83. The van der Waals surface area contributed by atoms with Gasteiger partial charge in [0, 0.05) is 29.8 Å². The first-order chi connectivity index (χ1) is 12.2. The maximum absolute atomic E-state index is 12.5. The Morgan fingerprint density at radius 2 is 2.24 bits per heavy atom. The molecular weight excluding hydrogens is 338 g/mol. The highest BCUT2D eigenvalue weighted by atomic mass is 35.5. The van der Waals surface area contributed by atoms with Gasteiger partial charge in [-0.3, -0.25) is 20.3 Å². The molecule has 0 spiro atoms. The smallest absolute Gasteiger partial charge is 0.254 e. The molecule has 2 fully saturated rings. The molecule has 1 aliphatic carbocycles. The van der Waals surface area contributed by atoms with E-state index in [2.05, 4.69) is 21.3 Å². The fourth-order valence-corrected chi connectivity index (χ4v) is 3.96. The molecular formula is C18H22ClN5O. The second-order valence-electron chi connectivity index (χ2n) is 6.89. The number of amides is 1. The van der Waals surface area contributed by atoms with Crippen molar-refractivity contribution >= 4 is 17.5 Å². The number of fused-ring (bicyclic) bond motifs is 1. The number of hydrazine groups is 1. The zero-order valence-corrected chi connectivity index (χ0v) is 14.7. The van der Waals surface area contributed by atoms with Crippen LogP contribution >= 0.6 is 11.6 Å². The van der Waals surface area contributed by atoms with Crippen molar-refractivity contribution in [3.05, 3.63) is 52.8 Å². The summed E-state index contributed by atoms with van der Waals surface area (Å²) in [6, 6.07) is 8.45. The molecule has 0 radical (unpaired) electrons. The van der Waals surface area contributed by atoms with Gasteiger partial charge < -0.3 is 5.32 Å². The summed E-state index contributed by atoms with van der Waals surface area (Å²) in [4.78, 5) is 12.5. The van der Waals surface area contributed by atoms with Crippen LogP contribution in [0.2, 0.25) is 5.02 Å². The Hall–Kier alpha value is -1.89. The van der Waals surface area contributed by atoms with Gasteiger partial charge in [0.05, 0.1) is 18.3 Å². The Morgan fingerprint density at radius 1 is 1.36 bits per heavy atom. The van der Waals surface area contributed by atoms with Crippen LogP contribution in [0.1, 0.15) is 35.2 Å². The van der Waals surface area contributed by atoms with Crippen LogP contribution < -0.4 is 16.2 Å². The van der Waals surface area contributed by atoms with Crippen LogP contribution in [-0.2, 0) is 6.54 Å². The van der Waals surface area contributed by atoms with Gasteiger partial charge in [-0.2, -0.15) is 5.10 Å². The van der Waals surface area contributed by atoms with E-state index in [9.17, 15) is 4.79 Å². The molecule has 2 aromatic rings. The summed E-state index contributed by atoms with van der Waals surface area (Å²) in [5, 5.41) is 8.17. The van der Waals surface area contributed by atoms with Gasteiger partial charge in [-0.15, -0.1) is 0 Å². The predicted octanol–water partition coefficient (Wildman–Crippen LogP) is 1.96. The van der Waals surface area contributed by atoms with Crippen molar-refractivity contribution in [1.82, 2.24) is 25.9 Å². The van der Waals surface area contributed by atoms with Gasteiger partial charge in [-0.25, -0.2) is 0 Å². The highest BCUT2D eigenvalue weighted by Gasteiger charge is 2.34. The van der Waals surface area contributed by atoms with Gasteiger partial charge in [0.2, 0.25) is 0 Å². The number of carbonyl (C=O) groups is 1. The fraction of sp³-hybridized carbons (Fsp3) is 0.444. The number of benzene rings is 1. The molecule has 3 unspecified atom stereocenters. The molecule has 2 aliphatic rings. The molecule has 3 N–H and O–H groups in total. The maximum atomic E-state index is 12.5. The van der Waals surface area contributed by atoms with Gasteiger partial charge in [0.1, 0.15) is 0 Å². The number of nitrogens with zero attached hydrogens (tertiary/aromatic N) is 2. The van der Waals surface area contributed by atoms with Gasteiger partial charge >= 0.3 is 0 Å². The van der Waals surface area contributed by atoms with Crippen LogP contribution in [0.4, 0.5) is 0 Å². The average Bonchev–Trinajstić information content (AvgIpc) is 3.25. The van der Waals surface area contributed by atoms with E-state index in [1.807, 2.05) is 24.3 Å². The molecule has 1 amide bonds. The topological polar surface area (TPSA) is 71.0 Å². The van der Waals surface area contributed by atoms with Crippen molar-refractivity contribution in [3.8, 4) is 0 Å². The monoisotopic (exact) mass is 359 g/mol. The lowest BCUT2D eigenvalue weighted by Crippen LogP contribution is -2.44. The zero-order chi connectivity index (χ0) is 17.2. The van der Waals surface area contributed by atoms with E-state index >= 15 is 0 Å². The molecule has 132 valence electrons. The maximum Gasteiger partial charge on any atom is 0.254 e. The lowest BCUT2D eigenvalue weighted by Gasteiger charge is -2.31. The van der Waals surface area contributed by atoms with Crippen LogP contribution in [0, 0.1) is 5.92 Å². The molecule has 6 nitrogen and oxygen atoms in total. The highest BCUT2D eigenvalue weighted by Crippen LogP contribution is 2.26. The highest BCUT2D eigenvalue weighted by molar-refractivity contribution is 6.31. The Kier molecular flexibility index (Phi) is 4.74. The van der Waals surface area contributed by atoms with E-state index in [0.29, 0.717) is 29.1 Å². The summed E-state index contributed by atoms with van der Waals surface area (Å²) < 4.78 is 1.75. The summed E-state index contributed by atoms with van der Waals surface area (Å²) in [5.74, 6) is 0.551. The molecule has 1 saturated carbocycles. The molecule has 1 aromatic carbocycles. The first kappa shape index (κ1) is 16.6. The predicted molar refractivity (Wildman–Crippen MR) is 96.3 cm³/mol. The molecule has 25 heavy (non-hydrogen) atoms. The van der Waals surface area contributed by atoms with E-state index < -0.39 is 0 Å². The quantitative estimate of drug-likeness (QED) is 0.780. The van der Waals surface area contributed by atoms with E-state index in [4.69, 9.17) is 11.6 Å². The Bertz CT molecular complexity index is 761. The van der Waals surface area contributed by atoms with E-state index in [-0.39, 0.29) is 11.9 Å². The van der Waals surface area contributed by atoms with Gasteiger partial charge in [0.25, 0.3) is 5.91 Å². The van der Waals surface area contributed by atoms with Gasteiger partial charge in [-0.05, 0) is 36.8 Å². The van der Waals surface area contributed by atoms with Crippen molar-refractivity contribution in [3.63, 3.8) is 0 Å². The second-order valence-corrected chi connectivity index (χ2v) is 7.30. The number of carbonyl (C=O) groups excluding carboxylic acids is 1. The van der Waals surface area contributed by atoms with Gasteiger partial charge in [-0.1, -0.05) is 29.8 Å². The fourth-order valence-electron chi connectivity index (χ4n) is 3.77. The summed E-state index contributed by atoms with van der Waals surface area (Å²) in [5.41, 5.74) is 8.10. The molecule has 4 rings (SSSR count). The largest absolute Gasteiger partial charge is 0.349 e. The van der Waals surface area contributed by atoms with Crippen molar-refractivity contribution < 1.29 is 4.79 Å². The Morgan fingerprint density at radius 3 is 3.12 bits per heavy atom. The van der Waals surface area contributed by atoms with Gasteiger partial charge in [0.15, 0.2) is 0 Å². The standard InChI is InChI=1S/C18H22ClN5O/c19-16-4-2-1-3-12(16)10-24-11-14(9-21-24)18(25)22-15-5-6-17-13(7-15)8-20-23-17/h1-4,9,11,13,15,17,20,23H,5-8,10H2,(H,22,25). The molecule has 1 aromatic heterocycles. The van der Waals surface area contributed by atoms with Crippen LogP contribution in [-0.4, -0.2) is 34.3 Å². The molecule has 0 bridgehead atoms. The van der Waals surface area contributed by atoms with E-state index in [1.165, 1.54) is 0 Å². The number of halogens is 1. The van der Waals surface area contributed by atoms with Crippen molar-refractivity contribution in [2.24, 2.45) is 5.92 Å². The lowest BCUT2D eigenvalue weighted by molar-refractivity contribution is 0.0918. The third kappa shape index (κ3) is 3.71. The molecule has 1 aliphatic heterocycles. The third-order valence-corrected chi connectivity index (χ3v) is 5.52. The van der Waals surface area contributed by atoms with Crippen molar-refractivity contribution in [2.75, 3.05) is 6.54 Å². The van der Waals surface area contributed by atoms with Crippen molar-refractivity contribution in [2.45, 2.75) is 37.9 Å². The average molecular weight is 360 g/mol. The zero-order valence-electron chi connectivity index (χ0n) is 13.9. The minimum absolute atomic E-state index is 0.0484. The van der Waals surface area contributed by atoms with Crippen LogP contribution in [0.5, 0.6) is 0 Å². The van der Waals surface area contributed by atoms with E-state index in [1.54, 1.807) is 17.1 Å². The minimum atomic E-state index is -0.0484. The van der Waals surface area contributed by atoms with Crippen LogP contribution in [0.25, 0.3) is 0 Å². The summed E-state index contributed by atoms with van der Waals surface area (Å²) >= 11 is 6.19. The second kappa shape index (κ2) is 7.15. The third-order valence-electron chi connectivity index (χ3n) is 5.15. The molecule has 7 heteroatoms. The minimum Gasteiger partial charge on any atom is -0.349 e. The molecule has 1 saturated heterocycles. The van der Waals surface area contributed by atoms with Crippen LogP contribution in [0.3, 0.4) is 0 Å². The number of nitrogens with one attached hydrogen (secondary N) is 3. The van der Waals surface area contributed by atoms with Crippen LogP contribution in [0.15, 0.2) is 36.7 Å². The number of hydrogen-bond donors (Lipinski definition) is 3. The number of rotatable bonds is 4. The summed E-state index contributed by atoms with van der Waals surface area (Å²) in [7, 11) is 0. The molecule has 2 heterocycles. The summed E-state index contributed by atoms with van der Waals surface area (Å²) in [6.45, 7) is 1.53. The first-order valence-electron chi connectivity index (χ1n) is 8.74.